The Labute approximate surface area is 149 Å². The molecule has 0 atom stereocenters. The van der Waals surface area contributed by atoms with Crippen LogP contribution in [0.3, 0.4) is 0 Å². The molecule has 2 aromatic carbocycles. The highest BCUT2D eigenvalue weighted by Crippen LogP contribution is 2.14. The molecule has 25 heavy (non-hydrogen) atoms. The number of carbonyl (C=O) groups is 2. The van der Waals surface area contributed by atoms with Gasteiger partial charge in [0.15, 0.2) is 0 Å². The van der Waals surface area contributed by atoms with Crippen LogP contribution in [0.1, 0.15) is 35.3 Å². The SMILES string of the molecule is CCN(CC)c1ccc(C(=O)NNC(=O)Cc2ccc(C)cc2)cc1. The summed E-state index contributed by atoms with van der Waals surface area (Å²) in [6.07, 6.45) is 0.224. The van der Waals surface area contributed by atoms with E-state index in [1.165, 1.54) is 0 Å². The maximum Gasteiger partial charge on any atom is 0.269 e. The van der Waals surface area contributed by atoms with Crippen LogP contribution in [-0.2, 0) is 11.2 Å². The first-order valence-corrected chi connectivity index (χ1v) is 8.53. The molecule has 0 fully saturated rings. The molecule has 0 saturated carbocycles. The lowest BCUT2D eigenvalue weighted by Crippen LogP contribution is -2.42. The Kier molecular flexibility index (Phi) is 6.57. The van der Waals surface area contributed by atoms with Crippen molar-refractivity contribution in [2.75, 3.05) is 18.0 Å². The third kappa shape index (κ3) is 5.35. The number of amides is 2. The van der Waals surface area contributed by atoms with Gasteiger partial charge in [0.2, 0.25) is 5.91 Å². The number of aryl methyl sites for hydroxylation is 1. The van der Waals surface area contributed by atoms with E-state index in [1.54, 1.807) is 12.1 Å². The van der Waals surface area contributed by atoms with E-state index in [4.69, 9.17) is 0 Å². The second kappa shape index (κ2) is 8.87. The number of hydrazine groups is 1. The average Bonchev–Trinajstić information content (AvgIpc) is 2.63. The molecule has 0 aromatic heterocycles. The maximum absolute atomic E-state index is 12.1. The van der Waals surface area contributed by atoms with E-state index >= 15 is 0 Å². The molecule has 0 aliphatic heterocycles. The van der Waals surface area contributed by atoms with Crippen molar-refractivity contribution in [1.29, 1.82) is 0 Å². The summed E-state index contributed by atoms with van der Waals surface area (Å²) >= 11 is 0. The third-order valence-corrected chi connectivity index (χ3v) is 4.06. The second-order valence-electron chi connectivity index (χ2n) is 5.88. The topological polar surface area (TPSA) is 61.4 Å². The van der Waals surface area contributed by atoms with E-state index < -0.39 is 0 Å². The second-order valence-corrected chi connectivity index (χ2v) is 5.88. The van der Waals surface area contributed by atoms with E-state index in [0.717, 1.165) is 29.9 Å². The van der Waals surface area contributed by atoms with E-state index in [2.05, 4.69) is 29.6 Å². The molecule has 2 rings (SSSR count). The molecule has 0 saturated heterocycles. The fourth-order valence-corrected chi connectivity index (χ4v) is 2.55. The van der Waals surface area contributed by atoms with E-state index in [1.807, 2.05) is 43.3 Å². The van der Waals surface area contributed by atoms with Crippen molar-refractivity contribution in [3.63, 3.8) is 0 Å². The van der Waals surface area contributed by atoms with Gasteiger partial charge < -0.3 is 4.90 Å². The number of nitrogens with one attached hydrogen (secondary N) is 2. The highest BCUT2D eigenvalue weighted by molar-refractivity contribution is 5.95. The molecule has 0 spiro atoms. The highest BCUT2D eigenvalue weighted by atomic mass is 16.2. The van der Waals surface area contributed by atoms with Crippen molar-refractivity contribution in [3.05, 3.63) is 65.2 Å². The number of hydrogen-bond donors (Lipinski definition) is 2. The quantitative estimate of drug-likeness (QED) is 0.796. The lowest BCUT2D eigenvalue weighted by Gasteiger charge is -2.21. The molecule has 2 N–H and O–H groups in total. The number of hydrogen-bond acceptors (Lipinski definition) is 3. The van der Waals surface area contributed by atoms with Gasteiger partial charge in [-0.1, -0.05) is 29.8 Å². The summed E-state index contributed by atoms with van der Waals surface area (Å²) in [6, 6.07) is 15.1. The average molecular weight is 339 g/mol. The van der Waals surface area contributed by atoms with Gasteiger partial charge in [-0.25, -0.2) is 0 Å². The zero-order valence-corrected chi connectivity index (χ0v) is 15.0. The fraction of sp³-hybridized carbons (Fsp3) is 0.300. The van der Waals surface area contributed by atoms with Gasteiger partial charge in [-0.3, -0.25) is 20.4 Å². The number of anilines is 1. The molecule has 2 aromatic rings. The monoisotopic (exact) mass is 339 g/mol. The summed E-state index contributed by atoms with van der Waals surface area (Å²) in [7, 11) is 0. The highest BCUT2D eigenvalue weighted by Gasteiger charge is 2.09. The van der Waals surface area contributed by atoms with Crippen molar-refractivity contribution in [2.24, 2.45) is 0 Å². The Morgan fingerprint density at radius 3 is 2.04 bits per heavy atom. The van der Waals surface area contributed by atoms with Crippen LogP contribution in [0.25, 0.3) is 0 Å². The Bertz CT molecular complexity index is 705. The van der Waals surface area contributed by atoms with E-state index in [9.17, 15) is 9.59 Å². The molecule has 2 amide bonds. The lowest BCUT2D eigenvalue weighted by atomic mass is 10.1. The third-order valence-electron chi connectivity index (χ3n) is 4.06. The predicted octanol–water partition coefficient (Wildman–Crippen LogP) is 2.84. The molecule has 0 heterocycles. The normalized spacial score (nSPS) is 10.2. The summed E-state index contributed by atoms with van der Waals surface area (Å²) in [5.74, 6) is -0.583. The first-order valence-electron chi connectivity index (χ1n) is 8.53. The molecule has 5 heteroatoms. The van der Waals surface area contributed by atoms with Crippen molar-refractivity contribution in [3.8, 4) is 0 Å². The predicted molar refractivity (Wildman–Crippen MR) is 100 cm³/mol. The Morgan fingerprint density at radius 2 is 1.48 bits per heavy atom. The first-order chi connectivity index (χ1) is 12.0. The van der Waals surface area contributed by atoms with Crippen molar-refractivity contribution >= 4 is 17.5 Å². The van der Waals surface area contributed by atoms with Crippen LogP contribution in [0.15, 0.2) is 48.5 Å². The van der Waals surface area contributed by atoms with Gasteiger partial charge in [-0.05, 0) is 50.6 Å². The summed E-state index contributed by atoms with van der Waals surface area (Å²) in [6.45, 7) is 8.01. The smallest absolute Gasteiger partial charge is 0.269 e. The van der Waals surface area contributed by atoms with Crippen LogP contribution in [0.2, 0.25) is 0 Å². The van der Waals surface area contributed by atoms with Crippen LogP contribution in [0, 0.1) is 6.92 Å². The van der Waals surface area contributed by atoms with E-state index in [-0.39, 0.29) is 18.2 Å². The molecule has 0 unspecified atom stereocenters. The van der Waals surface area contributed by atoms with Crippen LogP contribution in [0.5, 0.6) is 0 Å². The van der Waals surface area contributed by atoms with Gasteiger partial charge in [-0.2, -0.15) is 0 Å². The minimum absolute atomic E-state index is 0.224. The summed E-state index contributed by atoms with van der Waals surface area (Å²) in [5.41, 5.74) is 8.54. The first kappa shape index (κ1) is 18.5. The van der Waals surface area contributed by atoms with Gasteiger partial charge in [0.05, 0.1) is 6.42 Å². The van der Waals surface area contributed by atoms with Crippen LogP contribution >= 0.6 is 0 Å². The number of carbonyl (C=O) groups excluding carboxylic acids is 2. The van der Waals surface area contributed by atoms with Crippen molar-refractivity contribution in [2.45, 2.75) is 27.2 Å². The number of rotatable bonds is 6. The Balaban J connectivity index is 1.87. The number of benzene rings is 2. The summed E-state index contributed by atoms with van der Waals surface area (Å²) < 4.78 is 0. The van der Waals surface area contributed by atoms with Gasteiger partial charge in [-0.15, -0.1) is 0 Å². The van der Waals surface area contributed by atoms with Crippen molar-refractivity contribution < 1.29 is 9.59 Å². The Hall–Kier alpha value is -2.82. The standard InChI is InChI=1S/C20H25N3O2/c1-4-23(5-2)18-12-10-17(11-13-18)20(25)22-21-19(24)14-16-8-6-15(3)7-9-16/h6-13H,4-5,14H2,1-3H3,(H,21,24)(H,22,25). The molecular weight excluding hydrogens is 314 g/mol. The minimum atomic E-state index is -0.330. The molecule has 5 nitrogen and oxygen atoms in total. The molecule has 0 radical (unpaired) electrons. The molecule has 0 bridgehead atoms. The lowest BCUT2D eigenvalue weighted by molar-refractivity contribution is -0.121. The molecule has 132 valence electrons. The number of nitrogens with zero attached hydrogens (tertiary/aromatic N) is 1. The van der Waals surface area contributed by atoms with Gasteiger partial charge in [0, 0.05) is 24.3 Å². The van der Waals surface area contributed by atoms with Gasteiger partial charge in [0.1, 0.15) is 0 Å². The molecular formula is C20H25N3O2. The summed E-state index contributed by atoms with van der Waals surface area (Å²) in [4.78, 5) is 26.2. The molecule has 0 aliphatic rings. The van der Waals surface area contributed by atoms with E-state index in [0.29, 0.717) is 5.56 Å². The van der Waals surface area contributed by atoms with Gasteiger partial charge in [0.25, 0.3) is 5.91 Å². The van der Waals surface area contributed by atoms with Crippen molar-refractivity contribution in [1.82, 2.24) is 10.9 Å². The summed E-state index contributed by atoms with van der Waals surface area (Å²) in [5, 5.41) is 0. The molecule has 0 aliphatic carbocycles. The zero-order chi connectivity index (χ0) is 18.2. The van der Waals surface area contributed by atoms with Crippen LogP contribution in [0.4, 0.5) is 5.69 Å². The van der Waals surface area contributed by atoms with Crippen LogP contribution < -0.4 is 15.8 Å². The largest absolute Gasteiger partial charge is 0.372 e. The van der Waals surface area contributed by atoms with Gasteiger partial charge >= 0.3 is 0 Å². The van der Waals surface area contributed by atoms with Crippen LogP contribution in [-0.4, -0.2) is 24.9 Å². The minimum Gasteiger partial charge on any atom is -0.372 e. The maximum atomic E-state index is 12.1. The fourth-order valence-electron chi connectivity index (χ4n) is 2.55. The zero-order valence-electron chi connectivity index (χ0n) is 15.0. The Morgan fingerprint density at radius 1 is 0.880 bits per heavy atom.